The van der Waals surface area contributed by atoms with Gasteiger partial charge in [-0.1, -0.05) is 13.8 Å². The maximum atomic E-state index is 11.7. The Balaban J connectivity index is 0.000000771. The standard InChI is InChI=1S/C12H11N3O.C2H6/c1-9-4-6-14-11(7-9)15-12(16)10-3-2-5-13-8-10;1-2/h2-8H,1H3,(H,14,15,16);1-2H3. The molecule has 0 spiro atoms. The largest absolute Gasteiger partial charge is 0.307 e. The van der Waals surface area contributed by atoms with Gasteiger partial charge in [0.2, 0.25) is 0 Å². The number of aromatic nitrogens is 2. The minimum atomic E-state index is -0.203. The Morgan fingerprint density at radius 1 is 1.22 bits per heavy atom. The van der Waals surface area contributed by atoms with Crippen molar-refractivity contribution in [2.75, 3.05) is 5.32 Å². The van der Waals surface area contributed by atoms with Crippen LogP contribution in [0.2, 0.25) is 0 Å². The Bertz CT molecular complexity index is 497. The zero-order valence-electron chi connectivity index (χ0n) is 10.8. The first kappa shape index (κ1) is 13.8. The maximum absolute atomic E-state index is 11.7. The van der Waals surface area contributed by atoms with Crippen LogP contribution in [0.15, 0.2) is 42.9 Å². The van der Waals surface area contributed by atoms with Crippen molar-refractivity contribution in [2.24, 2.45) is 0 Å². The number of aryl methyl sites for hydroxylation is 1. The summed E-state index contributed by atoms with van der Waals surface area (Å²) in [5, 5.41) is 2.71. The molecule has 0 aromatic carbocycles. The third kappa shape index (κ3) is 3.97. The normalized spacial score (nSPS) is 9.06. The van der Waals surface area contributed by atoms with E-state index in [4.69, 9.17) is 0 Å². The monoisotopic (exact) mass is 243 g/mol. The zero-order chi connectivity index (χ0) is 13.4. The van der Waals surface area contributed by atoms with E-state index in [1.54, 1.807) is 24.5 Å². The summed E-state index contributed by atoms with van der Waals surface area (Å²) in [4.78, 5) is 19.7. The van der Waals surface area contributed by atoms with Crippen LogP contribution in [0.3, 0.4) is 0 Å². The van der Waals surface area contributed by atoms with Crippen molar-refractivity contribution < 1.29 is 4.79 Å². The maximum Gasteiger partial charge on any atom is 0.258 e. The Morgan fingerprint density at radius 3 is 2.61 bits per heavy atom. The van der Waals surface area contributed by atoms with E-state index < -0.39 is 0 Å². The van der Waals surface area contributed by atoms with E-state index in [9.17, 15) is 4.79 Å². The molecule has 4 heteroatoms. The highest BCUT2D eigenvalue weighted by atomic mass is 16.1. The molecule has 0 unspecified atom stereocenters. The first-order valence-corrected chi connectivity index (χ1v) is 5.90. The van der Waals surface area contributed by atoms with E-state index in [0.29, 0.717) is 11.4 Å². The molecule has 2 heterocycles. The highest BCUT2D eigenvalue weighted by Crippen LogP contribution is 2.07. The van der Waals surface area contributed by atoms with E-state index in [1.165, 1.54) is 6.20 Å². The molecule has 4 nitrogen and oxygen atoms in total. The molecule has 0 aliphatic heterocycles. The molecule has 2 aromatic heterocycles. The molecule has 2 rings (SSSR count). The molecule has 0 atom stereocenters. The zero-order valence-corrected chi connectivity index (χ0v) is 10.8. The van der Waals surface area contributed by atoms with Gasteiger partial charge < -0.3 is 5.32 Å². The Morgan fingerprint density at radius 2 is 2.00 bits per heavy atom. The molecule has 0 saturated carbocycles. The van der Waals surface area contributed by atoms with Crippen molar-refractivity contribution in [1.29, 1.82) is 0 Å². The number of rotatable bonds is 2. The number of carbonyl (C=O) groups excluding carboxylic acids is 1. The van der Waals surface area contributed by atoms with Crippen LogP contribution in [0.4, 0.5) is 5.82 Å². The van der Waals surface area contributed by atoms with Crippen LogP contribution in [-0.2, 0) is 0 Å². The van der Waals surface area contributed by atoms with Gasteiger partial charge in [0, 0.05) is 18.6 Å². The lowest BCUT2D eigenvalue weighted by Gasteiger charge is -2.04. The van der Waals surface area contributed by atoms with E-state index in [0.717, 1.165) is 5.56 Å². The summed E-state index contributed by atoms with van der Waals surface area (Å²) < 4.78 is 0. The number of nitrogens with one attached hydrogen (secondary N) is 1. The second-order valence-corrected chi connectivity index (χ2v) is 3.41. The van der Waals surface area contributed by atoms with Gasteiger partial charge in [0.05, 0.1) is 5.56 Å². The van der Waals surface area contributed by atoms with Crippen molar-refractivity contribution >= 4 is 11.7 Å². The van der Waals surface area contributed by atoms with Gasteiger partial charge in [-0.15, -0.1) is 0 Å². The lowest BCUT2D eigenvalue weighted by atomic mass is 10.2. The number of amides is 1. The number of hydrogen-bond donors (Lipinski definition) is 1. The van der Waals surface area contributed by atoms with Crippen LogP contribution < -0.4 is 5.32 Å². The Hall–Kier alpha value is -2.23. The highest BCUT2D eigenvalue weighted by Gasteiger charge is 2.05. The highest BCUT2D eigenvalue weighted by molar-refractivity contribution is 6.03. The molecule has 2 aromatic rings. The molecule has 1 N–H and O–H groups in total. The number of carbonyl (C=O) groups is 1. The van der Waals surface area contributed by atoms with Gasteiger partial charge in [0.25, 0.3) is 5.91 Å². The van der Waals surface area contributed by atoms with Crippen molar-refractivity contribution in [1.82, 2.24) is 9.97 Å². The predicted molar refractivity (Wildman–Crippen MR) is 72.5 cm³/mol. The molecular formula is C14H17N3O. The fourth-order valence-electron chi connectivity index (χ4n) is 1.29. The first-order chi connectivity index (χ1) is 8.75. The SMILES string of the molecule is CC.Cc1ccnc(NC(=O)c2cccnc2)c1. The number of nitrogens with zero attached hydrogens (tertiary/aromatic N) is 2. The van der Waals surface area contributed by atoms with Gasteiger partial charge in [-0.3, -0.25) is 9.78 Å². The molecule has 0 radical (unpaired) electrons. The fraction of sp³-hybridized carbons (Fsp3) is 0.214. The molecule has 18 heavy (non-hydrogen) atoms. The number of anilines is 1. The average Bonchev–Trinajstić information content (AvgIpc) is 2.42. The van der Waals surface area contributed by atoms with Crippen LogP contribution in [0, 0.1) is 6.92 Å². The molecule has 0 aliphatic rings. The first-order valence-electron chi connectivity index (χ1n) is 5.90. The van der Waals surface area contributed by atoms with Crippen molar-refractivity contribution in [2.45, 2.75) is 20.8 Å². The van der Waals surface area contributed by atoms with Gasteiger partial charge >= 0.3 is 0 Å². The molecule has 94 valence electrons. The lowest BCUT2D eigenvalue weighted by Crippen LogP contribution is -2.13. The van der Waals surface area contributed by atoms with Crippen molar-refractivity contribution in [3.8, 4) is 0 Å². The smallest absolute Gasteiger partial charge is 0.258 e. The second kappa shape index (κ2) is 7.17. The molecule has 0 saturated heterocycles. The van der Waals surface area contributed by atoms with Crippen molar-refractivity contribution in [3.63, 3.8) is 0 Å². The average molecular weight is 243 g/mol. The van der Waals surface area contributed by atoms with Crippen LogP contribution in [0.5, 0.6) is 0 Å². The van der Waals surface area contributed by atoms with E-state index in [-0.39, 0.29) is 5.91 Å². The van der Waals surface area contributed by atoms with Crippen LogP contribution >= 0.6 is 0 Å². The summed E-state index contributed by atoms with van der Waals surface area (Å²) in [6, 6.07) is 7.12. The number of hydrogen-bond acceptors (Lipinski definition) is 3. The quantitative estimate of drug-likeness (QED) is 0.881. The Kier molecular flexibility index (Phi) is 5.51. The lowest BCUT2D eigenvalue weighted by molar-refractivity contribution is 0.102. The van der Waals surface area contributed by atoms with Gasteiger partial charge in [-0.2, -0.15) is 0 Å². The van der Waals surface area contributed by atoms with Gasteiger partial charge in [0.15, 0.2) is 0 Å². The molecule has 0 bridgehead atoms. The summed E-state index contributed by atoms with van der Waals surface area (Å²) in [5.74, 6) is 0.347. The van der Waals surface area contributed by atoms with Crippen LogP contribution in [0.25, 0.3) is 0 Å². The number of pyridine rings is 2. The topological polar surface area (TPSA) is 54.9 Å². The fourth-order valence-corrected chi connectivity index (χ4v) is 1.29. The van der Waals surface area contributed by atoms with E-state index >= 15 is 0 Å². The van der Waals surface area contributed by atoms with E-state index in [1.807, 2.05) is 32.9 Å². The molecule has 0 aliphatic carbocycles. The summed E-state index contributed by atoms with van der Waals surface area (Å²) in [6.07, 6.45) is 4.81. The molecular weight excluding hydrogens is 226 g/mol. The van der Waals surface area contributed by atoms with Crippen LogP contribution in [-0.4, -0.2) is 15.9 Å². The minimum absolute atomic E-state index is 0.203. The third-order valence-electron chi connectivity index (χ3n) is 2.08. The van der Waals surface area contributed by atoms with Crippen LogP contribution in [0.1, 0.15) is 29.8 Å². The van der Waals surface area contributed by atoms with Gasteiger partial charge in [-0.05, 0) is 36.8 Å². The van der Waals surface area contributed by atoms with Crippen molar-refractivity contribution in [3.05, 3.63) is 54.0 Å². The van der Waals surface area contributed by atoms with Gasteiger partial charge in [0.1, 0.15) is 5.82 Å². The summed E-state index contributed by atoms with van der Waals surface area (Å²) in [6.45, 7) is 5.95. The summed E-state index contributed by atoms with van der Waals surface area (Å²) in [7, 11) is 0. The van der Waals surface area contributed by atoms with E-state index in [2.05, 4.69) is 15.3 Å². The predicted octanol–water partition coefficient (Wildman–Crippen LogP) is 3.06. The third-order valence-corrected chi connectivity index (χ3v) is 2.08. The summed E-state index contributed by atoms with van der Waals surface area (Å²) >= 11 is 0. The molecule has 1 amide bonds. The Labute approximate surface area is 107 Å². The van der Waals surface area contributed by atoms with Gasteiger partial charge in [-0.25, -0.2) is 4.98 Å². The minimum Gasteiger partial charge on any atom is -0.307 e. The summed E-state index contributed by atoms with van der Waals surface area (Å²) in [5.41, 5.74) is 1.57. The second-order valence-electron chi connectivity index (χ2n) is 3.41. The molecule has 0 fully saturated rings.